The fourth-order valence-electron chi connectivity index (χ4n) is 2.06. The molecule has 1 aliphatic rings. The Hall–Kier alpha value is -0.0800. The molecule has 1 heterocycles. The van der Waals surface area contributed by atoms with E-state index in [1.807, 2.05) is 7.11 Å². The summed E-state index contributed by atoms with van der Waals surface area (Å²) in [6.07, 6.45) is 3.66. The number of piperidine rings is 1. The highest BCUT2D eigenvalue weighted by atomic mass is 16.5. The monoisotopic (exact) mass is 171 g/mol. The van der Waals surface area contributed by atoms with Crippen molar-refractivity contribution in [3.8, 4) is 0 Å². The van der Waals surface area contributed by atoms with Crippen LogP contribution in [0, 0.1) is 0 Å². The van der Waals surface area contributed by atoms with Gasteiger partial charge >= 0.3 is 0 Å². The summed E-state index contributed by atoms with van der Waals surface area (Å²) in [5.74, 6) is 0. The maximum absolute atomic E-state index is 5.62. The van der Waals surface area contributed by atoms with Gasteiger partial charge in [0, 0.05) is 13.7 Å². The topological polar surface area (TPSA) is 12.5 Å². The van der Waals surface area contributed by atoms with E-state index in [9.17, 15) is 0 Å². The van der Waals surface area contributed by atoms with Crippen LogP contribution in [0.1, 0.15) is 33.1 Å². The molecule has 72 valence electrons. The second-order valence-electron chi connectivity index (χ2n) is 3.71. The van der Waals surface area contributed by atoms with Gasteiger partial charge in [0.2, 0.25) is 0 Å². The van der Waals surface area contributed by atoms with Gasteiger partial charge in [-0.15, -0.1) is 0 Å². The Morgan fingerprint density at radius 1 is 1.42 bits per heavy atom. The summed E-state index contributed by atoms with van der Waals surface area (Å²) in [6, 6.07) is 0. The van der Waals surface area contributed by atoms with Crippen LogP contribution in [0.5, 0.6) is 0 Å². The van der Waals surface area contributed by atoms with E-state index in [0.717, 1.165) is 19.5 Å². The molecule has 1 aliphatic heterocycles. The normalized spacial score (nSPS) is 32.2. The van der Waals surface area contributed by atoms with Crippen LogP contribution in [0.2, 0.25) is 0 Å². The van der Waals surface area contributed by atoms with Crippen molar-refractivity contribution in [2.24, 2.45) is 0 Å². The van der Waals surface area contributed by atoms with Crippen LogP contribution in [0.15, 0.2) is 0 Å². The van der Waals surface area contributed by atoms with Crippen molar-refractivity contribution >= 4 is 0 Å². The summed E-state index contributed by atoms with van der Waals surface area (Å²) in [5, 5.41) is 0. The van der Waals surface area contributed by atoms with Crippen molar-refractivity contribution in [3.63, 3.8) is 0 Å². The van der Waals surface area contributed by atoms with Gasteiger partial charge in [0.25, 0.3) is 0 Å². The number of hydrogen-bond donors (Lipinski definition) is 0. The lowest BCUT2D eigenvalue weighted by Crippen LogP contribution is -2.48. The predicted molar refractivity (Wildman–Crippen MR) is 51.4 cm³/mol. The van der Waals surface area contributed by atoms with Gasteiger partial charge in [-0.3, -0.25) is 0 Å². The predicted octanol–water partition coefficient (Wildman–Crippen LogP) is 1.90. The Bertz CT molecular complexity index is 132. The van der Waals surface area contributed by atoms with Crippen LogP contribution < -0.4 is 0 Å². The number of rotatable bonds is 3. The van der Waals surface area contributed by atoms with Gasteiger partial charge in [-0.1, -0.05) is 13.8 Å². The van der Waals surface area contributed by atoms with Crippen molar-refractivity contribution in [3.05, 3.63) is 0 Å². The molecule has 0 N–H and O–H groups in total. The second kappa shape index (κ2) is 4.24. The van der Waals surface area contributed by atoms with E-state index in [1.54, 1.807) is 0 Å². The molecule has 0 aliphatic carbocycles. The molecule has 0 aromatic carbocycles. The summed E-state index contributed by atoms with van der Waals surface area (Å²) in [4.78, 5) is 2.48. The third-order valence-corrected chi connectivity index (χ3v) is 3.14. The molecule has 1 saturated heterocycles. The Morgan fingerprint density at radius 2 is 2.17 bits per heavy atom. The average molecular weight is 171 g/mol. The first-order chi connectivity index (χ1) is 5.76. The lowest BCUT2D eigenvalue weighted by molar-refractivity contribution is -0.0657. The third-order valence-electron chi connectivity index (χ3n) is 3.14. The molecule has 1 unspecified atom stereocenters. The highest BCUT2D eigenvalue weighted by Gasteiger charge is 2.32. The number of likely N-dealkylation sites (N-methyl/N-ethyl adjacent to an activating group) is 1. The van der Waals surface area contributed by atoms with E-state index in [-0.39, 0.29) is 5.60 Å². The molecule has 0 aromatic heterocycles. The standard InChI is InChI=1S/C10H21NO/c1-4-10(12-3)7-6-8-11(5-2)9-10/h4-9H2,1-3H3. The molecule has 2 nitrogen and oxygen atoms in total. The molecule has 0 aromatic rings. The van der Waals surface area contributed by atoms with Crippen molar-refractivity contribution in [2.45, 2.75) is 38.7 Å². The third kappa shape index (κ3) is 1.99. The fourth-order valence-corrected chi connectivity index (χ4v) is 2.06. The maximum Gasteiger partial charge on any atom is 0.0802 e. The van der Waals surface area contributed by atoms with E-state index in [2.05, 4.69) is 18.7 Å². The number of hydrogen-bond acceptors (Lipinski definition) is 2. The van der Waals surface area contributed by atoms with Crippen LogP contribution in [0.3, 0.4) is 0 Å². The molecule has 0 radical (unpaired) electrons. The number of ether oxygens (including phenoxy) is 1. The molecule has 0 bridgehead atoms. The summed E-state index contributed by atoms with van der Waals surface area (Å²) >= 11 is 0. The van der Waals surface area contributed by atoms with E-state index < -0.39 is 0 Å². The van der Waals surface area contributed by atoms with Gasteiger partial charge in [-0.2, -0.15) is 0 Å². The van der Waals surface area contributed by atoms with Crippen molar-refractivity contribution in [2.75, 3.05) is 26.7 Å². The van der Waals surface area contributed by atoms with Crippen molar-refractivity contribution in [1.29, 1.82) is 0 Å². The van der Waals surface area contributed by atoms with E-state index >= 15 is 0 Å². The Morgan fingerprint density at radius 3 is 2.67 bits per heavy atom. The molecule has 1 rings (SSSR count). The van der Waals surface area contributed by atoms with Crippen LogP contribution in [0.4, 0.5) is 0 Å². The maximum atomic E-state index is 5.62. The zero-order valence-corrected chi connectivity index (χ0v) is 8.60. The summed E-state index contributed by atoms with van der Waals surface area (Å²) in [7, 11) is 1.85. The van der Waals surface area contributed by atoms with Gasteiger partial charge in [-0.25, -0.2) is 0 Å². The molecule has 12 heavy (non-hydrogen) atoms. The lowest BCUT2D eigenvalue weighted by Gasteiger charge is -2.41. The molecule has 0 saturated carbocycles. The highest BCUT2D eigenvalue weighted by molar-refractivity contribution is 4.87. The molecule has 1 atom stereocenters. The summed E-state index contributed by atoms with van der Waals surface area (Å²) in [6.45, 7) is 7.98. The minimum absolute atomic E-state index is 0.161. The molecular formula is C10H21NO. The number of likely N-dealkylation sites (tertiary alicyclic amines) is 1. The first-order valence-corrected chi connectivity index (χ1v) is 5.04. The van der Waals surface area contributed by atoms with Gasteiger partial charge in [0.05, 0.1) is 5.60 Å². The molecule has 0 spiro atoms. The van der Waals surface area contributed by atoms with E-state index in [0.29, 0.717) is 0 Å². The van der Waals surface area contributed by atoms with Crippen molar-refractivity contribution < 1.29 is 4.74 Å². The quantitative estimate of drug-likeness (QED) is 0.643. The van der Waals surface area contributed by atoms with Gasteiger partial charge in [-0.05, 0) is 32.4 Å². The summed E-state index contributed by atoms with van der Waals surface area (Å²) in [5.41, 5.74) is 0.161. The zero-order chi connectivity index (χ0) is 9.03. The first-order valence-electron chi connectivity index (χ1n) is 5.04. The minimum Gasteiger partial charge on any atom is -0.377 e. The number of methoxy groups -OCH3 is 1. The van der Waals surface area contributed by atoms with E-state index in [4.69, 9.17) is 4.74 Å². The Labute approximate surface area is 75.9 Å². The first kappa shape index (κ1) is 10.0. The zero-order valence-electron chi connectivity index (χ0n) is 8.60. The SMILES string of the molecule is CCN1CCCC(CC)(OC)C1. The van der Waals surface area contributed by atoms with Gasteiger partial charge in [0.15, 0.2) is 0 Å². The molecule has 2 heteroatoms. The van der Waals surface area contributed by atoms with Crippen molar-refractivity contribution in [1.82, 2.24) is 4.90 Å². The number of nitrogens with zero attached hydrogens (tertiary/aromatic N) is 1. The second-order valence-corrected chi connectivity index (χ2v) is 3.71. The van der Waals surface area contributed by atoms with Crippen LogP contribution in [-0.2, 0) is 4.74 Å². The molecular weight excluding hydrogens is 150 g/mol. The van der Waals surface area contributed by atoms with Gasteiger partial charge < -0.3 is 9.64 Å². The molecule has 1 fully saturated rings. The van der Waals surface area contributed by atoms with Crippen LogP contribution in [-0.4, -0.2) is 37.2 Å². The fraction of sp³-hybridized carbons (Fsp3) is 1.00. The smallest absolute Gasteiger partial charge is 0.0802 e. The minimum atomic E-state index is 0.161. The Kier molecular flexibility index (Phi) is 3.53. The molecule has 0 amide bonds. The van der Waals surface area contributed by atoms with Gasteiger partial charge in [0.1, 0.15) is 0 Å². The Balaban J connectivity index is 2.52. The summed E-state index contributed by atoms with van der Waals surface area (Å²) < 4.78 is 5.62. The average Bonchev–Trinajstić information content (AvgIpc) is 2.18. The largest absolute Gasteiger partial charge is 0.377 e. The van der Waals surface area contributed by atoms with Crippen LogP contribution >= 0.6 is 0 Å². The van der Waals surface area contributed by atoms with Crippen LogP contribution in [0.25, 0.3) is 0 Å². The van der Waals surface area contributed by atoms with E-state index in [1.165, 1.54) is 19.4 Å². The lowest BCUT2D eigenvalue weighted by atomic mass is 9.90. The highest BCUT2D eigenvalue weighted by Crippen LogP contribution is 2.27.